The van der Waals surface area contributed by atoms with Gasteiger partial charge < -0.3 is 15.5 Å². The van der Waals surface area contributed by atoms with Crippen LogP contribution in [0.25, 0.3) is 0 Å². The van der Waals surface area contributed by atoms with E-state index >= 15 is 0 Å². The largest absolute Gasteiger partial charge is 0.356 e. The number of carbonyl (C=O) groups excluding carboxylic acids is 1. The van der Waals surface area contributed by atoms with Gasteiger partial charge in [0.05, 0.1) is 0 Å². The minimum absolute atomic E-state index is 0.0565. The molecule has 134 valence electrons. The number of benzene rings is 1. The van der Waals surface area contributed by atoms with Gasteiger partial charge in [0.1, 0.15) is 0 Å². The van der Waals surface area contributed by atoms with E-state index in [4.69, 9.17) is 0 Å². The van der Waals surface area contributed by atoms with Crippen molar-refractivity contribution < 1.29 is 4.79 Å². The lowest BCUT2D eigenvalue weighted by molar-refractivity contribution is 0.0963. The standard InChI is InChI=1S/C19H26N4OS/c1-20-18(24)16-7-4-6-15(14-16)9-11-22-19(21-2)23(3)12-10-17-8-5-13-25-17/h4-8,13-14H,9-12H2,1-3H3,(H,20,24)(H,21,22). The first-order chi connectivity index (χ1) is 12.1. The minimum Gasteiger partial charge on any atom is -0.356 e. The molecule has 1 aromatic heterocycles. The summed E-state index contributed by atoms with van der Waals surface area (Å²) in [7, 11) is 5.50. The van der Waals surface area contributed by atoms with Crippen LogP contribution in [0.5, 0.6) is 0 Å². The zero-order valence-corrected chi connectivity index (χ0v) is 15.9. The molecule has 2 aromatic rings. The molecule has 0 unspecified atom stereocenters. The summed E-state index contributed by atoms with van der Waals surface area (Å²) in [6, 6.07) is 12.0. The Morgan fingerprint density at radius 2 is 2.08 bits per heavy atom. The lowest BCUT2D eigenvalue weighted by atomic mass is 10.1. The number of amides is 1. The number of rotatable bonds is 7. The lowest BCUT2D eigenvalue weighted by Gasteiger charge is -2.21. The predicted octanol–water partition coefficient (Wildman–Crippen LogP) is 2.40. The molecule has 0 aliphatic heterocycles. The van der Waals surface area contributed by atoms with E-state index in [0.29, 0.717) is 5.56 Å². The first-order valence-corrected chi connectivity index (χ1v) is 9.27. The van der Waals surface area contributed by atoms with Gasteiger partial charge in [-0.25, -0.2) is 0 Å². The second-order valence-electron chi connectivity index (χ2n) is 5.75. The summed E-state index contributed by atoms with van der Waals surface area (Å²) >= 11 is 1.79. The predicted molar refractivity (Wildman–Crippen MR) is 106 cm³/mol. The topological polar surface area (TPSA) is 56.7 Å². The summed E-state index contributed by atoms with van der Waals surface area (Å²) in [6.07, 6.45) is 1.85. The first kappa shape index (κ1) is 19.0. The number of aliphatic imine (C=N–C) groups is 1. The Morgan fingerprint density at radius 3 is 2.76 bits per heavy atom. The van der Waals surface area contributed by atoms with Gasteiger partial charge in [-0.05, 0) is 42.0 Å². The molecular formula is C19H26N4OS. The summed E-state index contributed by atoms with van der Waals surface area (Å²) in [6.45, 7) is 1.69. The maximum atomic E-state index is 11.7. The highest BCUT2D eigenvalue weighted by Crippen LogP contribution is 2.09. The van der Waals surface area contributed by atoms with E-state index in [-0.39, 0.29) is 5.91 Å². The maximum absolute atomic E-state index is 11.7. The van der Waals surface area contributed by atoms with Gasteiger partial charge in [-0.15, -0.1) is 11.3 Å². The van der Waals surface area contributed by atoms with Crippen molar-refractivity contribution in [1.82, 2.24) is 15.5 Å². The van der Waals surface area contributed by atoms with Gasteiger partial charge in [0.2, 0.25) is 0 Å². The lowest BCUT2D eigenvalue weighted by Crippen LogP contribution is -2.40. The Hall–Kier alpha value is -2.34. The fraction of sp³-hybridized carbons (Fsp3) is 0.368. The number of nitrogens with zero attached hydrogens (tertiary/aromatic N) is 2. The average Bonchev–Trinajstić information content (AvgIpc) is 3.16. The monoisotopic (exact) mass is 358 g/mol. The second-order valence-corrected chi connectivity index (χ2v) is 6.79. The molecule has 1 heterocycles. The van der Waals surface area contributed by atoms with Gasteiger partial charge in [-0.2, -0.15) is 0 Å². The SMILES string of the molecule is CN=C(NCCc1cccc(C(=O)NC)c1)N(C)CCc1cccs1. The molecule has 2 N–H and O–H groups in total. The summed E-state index contributed by atoms with van der Waals surface area (Å²) < 4.78 is 0. The summed E-state index contributed by atoms with van der Waals surface area (Å²) in [5, 5.41) is 8.15. The molecule has 0 saturated heterocycles. The fourth-order valence-electron chi connectivity index (χ4n) is 2.55. The van der Waals surface area contributed by atoms with E-state index in [1.54, 1.807) is 25.4 Å². The number of nitrogens with one attached hydrogen (secondary N) is 2. The number of hydrogen-bond acceptors (Lipinski definition) is 3. The maximum Gasteiger partial charge on any atom is 0.251 e. The Balaban J connectivity index is 1.81. The van der Waals surface area contributed by atoms with Gasteiger partial charge in [-0.1, -0.05) is 18.2 Å². The van der Waals surface area contributed by atoms with Crippen LogP contribution in [0.3, 0.4) is 0 Å². The zero-order chi connectivity index (χ0) is 18.1. The van der Waals surface area contributed by atoms with Gasteiger partial charge in [0.15, 0.2) is 5.96 Å². The third-order valence-electron chi connectivity index (χ3n) is 3.96. The highest BCUT2D eigenvalue weighted by atomic mass is 32.1. The Kier molecular flexibility index (Phi) is 7.47. The number of guanidine groups is 1. The van der Waals surface area contributed by atoms with Gasteiger partial charge in [0.25, 0.3) is 5.91 Å². The Morgan fingerprint density at radius 1 is 1.24 bits per heavy atom. The van der Waals surface area contributed by atoms with Crippen molar-refractivity contribution in [1.29, 1.82) is 0 Å². The Labute approximate surface area is 153 Å². The van der Waals surface area contributed by atoms with Crippen LogP contribution in [-0.4, -0.2) is 51.0 Å². The summed E-state index contributed by atoms with van der Waals surface area (Å²) in [4.78, 5) is 19.6. The van der Waals surface area contributed by atoms with E-state index < -0.39 is 0 Å². The quantitative estimate of drug-likeness (QED) is 0.590. The van der Waals surface area contributed by atoms with Crippen LogP contribution in [0.1, 0.15) is 20.8 Å². The van der Waals surface area contributed by atoms with Crippen LogP contribution in [0, 0.1) is 0 Å². The smallest absolute Gasteiger partial charge is 0.251 e. The van der Waals surface area contributed by atoms with Crippen molar-refractivity contribution in [3.05, 3.63) is 57.8 Å². The molecule has 0 spiro atoms. The molecule has 0 saturated carbocycles. The highest BCUT2D eigenvalue weighted by Gasteiger charge is 2.07. The second kappa shape index (κ2) is 9.84. The molecule has 0 radical (unpaired) electrons. The molecule has 0 aliphatic rings. The third-order valence-corrected chi connectivity index (χ3v) is 4.90. The van der Waals surface area contributed by atoms with Crippen molar-refractivity contribution in [2.75, 3.05) is 34.2 Å². The molecule has 6 heteroatoms. The van der Waals surface area contributed by atoms with Crippen molar-refractivity contribution in [3.8, 4) is 0 Å². The summed E-state index contributed by atoms with van der Waals surface area (Å²) in [5.41, 5.74) is 1.82. The normalized spacial score (nSPS) is 11.2. The molecular weight excluding hydrogens is 332 g/mol. The van der Waals surface area contributed by atoms with Crippen LogP contribution in [0.15, 0.2) is 46.8 Å². The third kappa shape index (κ3) is 5.90. The van der Waals surface area contributed by atoms with Gasteiger partial charge in [-0.3, -0.25) is 9.79 Å². The first-order valence-electron chi connectivity index (χ1n) is 8.39. The van der Waals surface area contributed by atoms with Crippen LogP contribution in [0.2, 0.25) is 0 Å². The molecule has 25 heavy (non-hydrogen) atoms. The summed E-state index contributed by atoms with van der Waals surface area (Å²) in [5.74, 6) is 0.831. The molecule has 0 atom stereocenters. The Bertz CT molecular complexity index is 697. The van der Waals surface area contributed by atoms with Crippen molar-refractivity contribution in [2.45, 2.75) is 12.8 Å². The van der Waals surface area contributed by atoms with Crippen molar-refractivity contribution in [3.63, 3.8) is 0 Å². The molecule has 1 aromatic carbocycles. The van der Waals surface area contributed by atoms with E-state index in [9.17, 15) is 4.79 Å². The van der Waals surface area contributed by atoms with Crippen molar-refractivity contribution >= 4 is 23.2 Å². The van der Waals surface area contributed by atoms with Gasteiger partial charge >= 0.3 is 0 Å². The number of hydrogen-bond donors (Lipinski definition) is 2. The van der Waals surface area contributed by atoms with Crippen LogP contribution < -0.4 is 10.6 Å². The van der Waals surface area contributed by atoms with E-state index in [1.807, 2.05) is 24.3 Å². The number of carbonyl (C=O) groups is 1. The average molecular weight is 359 g/mol. The minimum atomic E-state index is -0.0565. The number of likely N-dealkylation sites (N-methyl/N-ethyl adjacent to an activating group) is 1. The highest BCUT2D eigenvalue weighted by molar-refractivity contribution is 7.09. The van der Waals surface area contributed by atoms with E-state index in [0.717, 1.165) is 37.5 Å². The molecule has 1 amide bonds. The molecule has 2 rings (SSSR count). The van der Waals surface area contributed by atoms with Gasteiger partial charge in [0, 0.05) is 44.7 Å². The number of thiophene rings is 1. The van der Waals surface area contributed by atoms with Crippen LogP contribution in [-0.2, 0) is 12.8 Å². The van der Waals surface area contributed by atoms with E-state index in [2.05, 4.69) is 45.1 Å². The zero-order valence-electron chi connectivity index (χ0n) is 15.1. The van der Waals surface area contributed by atoms with Crippen molar-refractivity contribution in [2.24, 2.45) is 4.99 Å². The molecule has 0 fully saturated rings. The molecule has 0 bridgehead atoms. The van der Waals surface area contributed by atoms with Crippen LogP contribution in [0.4, 0.5) is 0 Å². The molecule has 5 nitrogen and oxygen atoms in total. The molecule has 0 aliphatic carbocycles. The van der Waals surface area contributed by atoms with E-state index in [1.165, 1.54) is 4.88 Å². The van der Waals surface area contributed by atoms with Crippen LogP contribution >= 0.6 is 11.3 Å². The fourth-order valence-corrected chi connectivity index (χ4v) is 3.25.